The fourth-order valence-electron chi connectivity index (χ4n) is 1.40. The van der Waals surface area contributed by atoms with Crippen LogP contribution in [0.5, 0.6) is 0 Å². The van der Waals surface area contributed by atoms with Gasteiger partial charge in [-0.25, -0.2) is 0 Å². The van der Waals surface area contributed by atoms with Gasteiger partial charge in [-0.05, 0) is 12.1 Å². The van der Waals surface area contributed by atoms with Gasteiger partial charge in [-0.1, -0.05) is 30.3 Å². The number of nitrogens with two attached hydrogens (primary N) is 1. The van der Waals surface area contributed by atoms with Crippen LogP contribution in [0.2, 0.25) is 0 Å². The lowest BCUT2D eigenvalue weighted by molar-refractivity contribution is 0.104. The molecule has 0 saturated heterocycles. The van der Waals surface area contributed by atoms with Gasteiger partial charge in [0.25, 0.3) is 0 Å². The monoisotopic (exact) mass is 245 g/mol. The minimum Gasteiger partial charge on any atom is -0.463 e. The molecule has 4 heteroatoms. The lowest BCUT2D eigenvalue weighted by atomic mass is 10.1. The Bertz CT molecular complexity index is 544. The van der Waals surface area contributed by atoms with Crippen molar-refractivity contribution in [1.82, 2.24) is 0 Å². The van der Waals surface area contributed by atoms with Crippen LogP contribution in [0.4, 0.5) is 0 Å². The molecule has 0 fully saturated rings. The maximum absolute atomic E-state index is 12.0. The lowest BCUT2D eigenvalue weighted by Crippen LogP contribution is -2.06. The molecule has 2 aromatic rings. The van der Waals surface area contributed by atoms with Gasteiger partial charge in [0.15, 0.2) is 5.76 Å². The molecule has 0 saturated carbocycles. The van der Waals surface area contributed by atoms with Crippen LogP contribution in [-0.2, 0) is 0 Å². The molecule has 3 nitrogen and oxygen atoms in total. The van der Waals surface area contributed by atoms with Crippen LogP contribution in [-0.4, -0.2) is 5.78 Å². The summed E-state index contributed by atoms with van der Waals surface area (Å²) in [6, 6.07) is 12.2. The SMILES string of the molecule is N/C(=C(\S)C(=O)c1ccccc1)c1ccco1. The van der Waals surface area contributed by atoms with Crippen LogP contribution < -0.4 is 5.73 Å². The molecule has 0 bridgehead atoms. The maximum Gasteiger partial charge on any atom is 0.201 e. The zero-order valence-electron chi connectivity index (χ0n) is 8.96. The quantitative estimate of drug-likeness (QED) is 0.496. The molecule has 2 rings (SSSR count). The number of carbonyl (C=O) groups excluding carboxylic acids is 1. The topological polar surface area (TPSA) is 56.2 Å². The number of Topliss-reactive ketones (excluding diaryl/α,β-unsaturated/α-hetero) is 1. The maximum atomic E-state index is 12.0. The Labute approximate surface area is 104 Å². The first-order valence-electron chi connectivity index (χ1n) is 5.02. The molecule has 17 heavy (non-hydrogen) atoms. The molecule has 0 atom stereocenters. The fraction of sp³-hybridized carbons (Fsp3) is 0. The predicted molar refractivity (Wildman–Crippen MR) is 69.6 cm³/mol. The van der Waals surface area contributed by atoms with Gasteiger partial charge in [-0.2, -0.15) is 0 Å². The zero-order valence-corrected chi connectivity index (χ0v) is 9.85. The molecule has 0 unspecified atom stereocenters. The van der Waals surface area contributed by atoms with E-state index in [0.717, 1.165) is 0 Å². The molecule has 0 radical (unpaired) electrons. The first-order chi connectivity index (χ1) is 8.20. The van der Waals surface area contributed by atoms with E-state index in [0.29, 0.717) is 11.3 Å². The Kier molecular flexibility index (Phi) is 3.35. The van der Waals surface area contributed by atoms with E-state index < -0.39 is 0 Å². The van der Waals surface area contributed by atoms with Crippen molar-refractivity contribution in [3.05, 3.63) is 65.0 Å². The molecular weight excluding hydrogens is 234 g/mol. The van der Waals surface area contributed by atoms with Crippen molar-refractivity contribution in [3.63, 3.8) is 0 Å². The Balaban J connectivity index is 2.35. The van der Waals surface area contributed by atoms with E-state index in [2.05, 4.69) is 12.6 Å². The molecule has 86 valence electrons. The van der Waals surface area contributed by atoms with Crippen LogP contribution in [0.25, 0.3) is 5.70 Å². The first-order valence-corrected chi connectivity index (χ1v) is 5.47. The fourth-order valence-corrected chi connectivity index (χ4v) is 1.64. The number of ketones is 1. The standard InChI is InChI=1S/C13H11NO2S/c14-11(10-7-4-8-16-10)13(17)12(15)9-5-2-1-3-6-9/h1-8,17H,14H2/b13-11-. The molecule has 0 aliphatic heterocycles. The average Bonchev–Trinajstić information content (AvgIpc) is 2.91. The van der Waals surface area contributed by atoms with Gasteiger partial charge < -0.3 is 10.2 Å². The highest BCUT2D eigenvalue weighted by Gasteiger charge is 2.14. The minimum atomic E-state index is -0.220. The third-order valence-electron chi connectivity index (χ3n) is 2.29. The molecule has 0 aliphatic carbocycles. The van der Waals surface area contributed by atoms with Gasteiger partial charge in [-0.3, -0.25) is 4.79 Å². The predicted octanol–water partition coefficient (Wildman–Crippen LogP) is 2.72. The van der Waals surface area contributed by atoms with E-state index in [-0.39, 0.29) is 16.4 Å². The molecule has 0 amide bonds. The summed E-state index contributed by atoms with van der Waals surface area (Å²) in [6.45, 7) is 0. The highest BCUT2D eigenvalue weighted by molar-refractivity contribution is 7.86. The van der Waals surface area contributed by atoms with Gasteiger partial charge in [0.2, 0.25) is 5.78 Å². The van der Waals surface area contributed by atoms with E-state index in [1.165, 1.54) is 6.26 Å². The van der Waals surface area contributed by atoms with E-state index >= 15 is 0 Å². The molecule has 0 aliphatic rings. The Morgan fingerprint density at radius 3 is 2.41 bits per heavy atom. The summed E-state index contributed by atoms with van der Waals surface area (Å²) in [5, 5.41) is 0. The second-order valence-corrected chi connectivity index (χ2v) is 3.88. The van der Waals surface area contributed by atoms with Crippen molar-refractivity contribution in [1.29, 1.82) is 0 Å². The number of carbonyl (C=O) groups is 1. The third-order valence-corrected chi connectivity index (χ3v) is 2.74. The summed E-state index contributed by atoms with van der Waals surface area (Å²) in [7, 11) is 0. The molecule has 1 aromatic carbocycles. The van der Waals surface area contributed by atoms with E-state index in [1.54, 1.807) is 36.4 Å². The molecular formula is C13H11NO2S. The summed E-state index contributed by atoms with van der Waals surface area (Å²) in [6.07, 6.45) is 1.50. The number of hydrogen-bond donors (Lipinski definition) is 2. The van der Waals surface area contributed by atoms with Crippen LogP contribution >= 0.6 is 12.6 Å². The Hall–Kier alpha value is -1.94. The molecule has 0 spiro atoms. The van der Waals surface area contributed by atoms with Gasteiger partial charge in [-0.15, -0.1) is 12.6 Å². The average molecular weight is 245 g/mol. The number of hydrogen-bond acceptors (Lipinski definition) is 4. The van der Waals surface area contributed by atoms with Crippen molar-refractivity contribution < 1.29 is 9.21 Å². The largest absolute Gasteiger partial charge is 0.463 e. The van der Waals surface area contributed by atoms with Gasteiger partial charge in [0, 0.05) is 5.56 Å². The van der Waals surface area contributed by atoms with Crippen LogP contribution in [0.3, 0.4) is 0 Å². The minimum absolute atomic E-state index is 0.186. The summed E-state index contributed by atoms with van der Waals surface area (Å²) < 4.78 is 5.12. The number of benzene rings is 1. The van der Waals surface area contributed by atoms with Crippen molar-refractivity contribution in [2.24, 2.45) is 5.73 Å². The van der Waals surface area contributed by atoms with Crippen molar-refractivity contribution >= 4 is 24.1 Å². The first kappa shape index (κ1) is 11.5. The van der Waals surface area contributed by atoms with Crippen LogP contribution in [0.1, 0.15) is 16.1 Å². The molecule has 2 N–H and O–H groups in total. The number of thiol groups is 1. The second-order valence-electron chi connectivity index (χ2n) is 3.43. The van der Waals surface area contributed by atoms with Crippen molar-refractivity contribution in [3.8, 4) is 0 Å². The third kappa shape index (κ3) is 2.42. The summed E-state index contributed by atoms with van der Waals surface area (Å²) in [5.41, 5.74) is 6.60. The summed E-state index contributed by atoms with van der Waals surface area (Å²) in [4.78, 5) is 12.2. The van der Waals surface area contributed by atoms with Crippen LogP contribution in [0.15, 0.2) is 58.1 Å². The number of furan rings is 1. The van der Waals surface area contributed by atoms with Crippen LogP contribution in [0, 0.1) is 0 Å². The smallest absolute Gasteiger partial charge is 0.201 e. The van der Waals surface area contributed by atoms with Gasteiger partial charge in [0.05, 0.1) is 16.9 Å². The van der Waals surface area contributed by atoms with E-state index in [1.807, 2.05) is 6.07 Å². The van der Waals surface area contributed by atoms with Crippen molar-refractivity contribution in [2.45, 2.75) is 0 Å². The molecule has 1 heterocycles. The zero-order chi connectivity index (χ0) is 12.3. The Morgan fingerprint density at radius 1 is 1.12 bits per heavy atom. The highest BCUT2D eigenvalue weighted by atomic mass is 32.1. The lowest BCUT2D eigenvalue weighted by Gasteiger charge is -2.03. The highest BCUT2D eigenvalue weighted by Crippen LogP contribution is 2.20. The summed E-state index contributed by atoms with van der Waals surface area (Å²) in [5.74, 6) is 0.224. The summed E-state index contributed by atoms with van der Waals surface area (Å²) >= 11 is 4.16. The normalized spacial score (nSPS) is 12.1. The number of allylic oxidation sites excluding steroid dienone is 1. The van der Waals surface area contributed by atoms with Crippen molar-refractivity contribution in [2.75, 3.05) is 0 Å². The van der Waals surface area contributed by atoms with Gasteiger partial charge in [0.1, 0.15) is 0 Å². The van der Waals surface area contributed by atoms with E-state index in [4.69, 9.17) is 10.2 Å². The van der Waals surface area contributed by atoms with Gasteiger partial charge >= 0.3 is 0 Å². The molecule has 1 aromatic heterocycles. The number of rotatable bonds is 3. The van der Waals surface area contributed by atoms with E-state index in [9.17, 15) is 4.79 Å². The Morgan fingerprint density at radius 2 is 1.82 bits per heavy atom. The second kappa shape index (κ2) is 4.93.